The zero-order valence-corrected chi connectivity index (χ0v) is 11.1. The Hall–Kier alpha value is -1.88. The van der Waals surface area contributed by atoms with Crippen LogP contribution in [-0.2, 0) is 0 Å². The molecule has 3 rings (SSSR count). The lowest BCUT2D eigenvalue weighted by atomic mass is 10.0. The topological polar surface area (TPSA) is 60.2 Å². The molecule has 1 aliphatic heterocycles. The number of rotatable bonds is 3. The number of benzene rings is 1. The summed E-state index contributed by atoms with van der Waals surface area (Å²) in [4.78, 5) is 4.49. The first-order chi connectivity index (χ1) is 9.28. The third-order valence-corrected chi connectivity index (χ3v) is 3.57. The van der Waals surface area contributed by atoms with Gasteiger partial charge in [0.15, 0.2) is 0 Å². The summed E-state index contributed by atoms with van der Waals surface area (Å²) in [6.45, 7) is 3.20. The van der Waals surface area contributed by atoms with Crippen LogP contribution in [0.25, 0.3) is 11.4 Å². The molecule has 1 aromatic heterocycles. The molecule has 1 aliphatic rings. The molecular weight excluding hydrogens is 242 g/mol. The van der Waals surface area contributed by atoms with E-state index in [1.165, 1.54) is 0 Å². The summed E-state index contributed by atoms with van der Waals surface area (Å²) in [5, 5.41) is 7.45. The van der Waals surface area contributed by atoms with Crippen molar-refractivity contribution in [1.82, 2.24) is 15.5 Å². The highest BCUT2D eigenvalue weighted by atomic mass is 16.5. The molecule has 1 saturated heterocycles. The highest BCUT2D eigenvalue weighted by Crippen LogP contribution is 2.29. The third kappa shape index (κ3) is 2.33. The fourth-order valence-corrected chi connectivity index (χ4v) is 2.41. The molecule has 19 heavy (non-hydrogen) atoms. The lowest BCUT2D eigenvalue weighted by Crippen LogP contribution is -2.16. The van der Waals surface area contributed by atoms with Crippen LogP contribution in [0.4, 0.5) is 0 Å². The number of aromatic nitrogens is 2. The van der Waals surface area contributed by atoms with Gasteiger partial charge in [0.2, 0.25) is 11.7 Å². The van der Waals surface area contributed by atoms with Crippen molar-refractivity contribution in [2.24, 2.45) is 5.92 Å². The van der Waals surface area contributed by atoms with Gasteiger partial charge in [-0.3, -0.25) is 0 Å². The van der Waals surface area contributed by atoms with Crippen molar-refractivity contribution in [3.8, 4) is 17.1 Å². The second kappa shape index (κ2) is 5.01. The number of hydrogen-bond donors (Lipinski definition) is 1. The monoisotopic (exact) mass is 259 g/mol. The van der Waals surface area contributed by atoms with Crippen molar-refractivity contribution in [3.63, 3.8) is 0 Å². The minimum atomic E-state index is 0.173. The Morgan fingerprint density at radius 3 is 3.05 bits per heavy atom. The molecule has 2 aromatic rings. The third-order valence-electron chi connectivity index (χ3n) is 3.57. The zero-order chi connectivity index (χ0) is 13.2. The van der Waals surface area contributed by atoms with Crippen LogP contribution in [-0.4, -0.2) is 23.8 Å². The first kappa shape index (κ1) is 12.2. The van der Waals surface area contributed by atoms with E-state index in [1.54, 1.807) is 7.11 Å². The van der Waals surface area contributed by atoms with Crippen LogP contribution in [0.5, 0.6) is 5.75 Å². The maximum absolute atomic E-state index is 5.38. The van der Waals surface area contributed by atoms with Gasteiger partial charge in [0.1, 0.15) is 5.75 Å². The lowest BCUT2D eigenvalue weighted by Gasteiger charge is -2.09. The molecule has 2 atom stereocenters. The van der Waals surface area contributed by atoms with Gasteiger partial charge in [-0.15, -0.1) is 0 Å². The summed E-state index contributed by atoms with van der Waals surface area (Å²) in [6.07, 6.45) is 1.14. The SMILES string of the molecule is COc1cccc(-c2noc(C3NCCC3C)n2)c1. The molecule has 0 aliphatic carbocycles. The predicted octanol–water partition coefficient (Wildman–Crippen LogP) is 2.42. The van der Waals surface area contributed by atoms with Crippen molar-refractivity contribution in [2.45, 2.75) is 19.4 Å². The molecule has 2 heterocycles. The van der Waals surface area contributed by atoms with Gasteiger partial charge >= 0.3 is 0 Å². The molecule has 0 spiro atoms. The van der Waals surface area contributed by atoms with Crippen molar-refractivity contribution >= 4 is 0 Å². The molecule has 0 amide bonds. The van der Waals surface area contributed by atoms with Crippen molar-refractivity contribution < 1.29 is 9.26 Å². The van der Waals surface area contributed by atoms with Crippen LogP contribution < -0.4 is 10.1 Å². The van der Waals surface area contributed by atoms with E-state index >= 15 is 0 Å². The molecule has 100 valence electrons. The van der Waals surface area contributed by atoms with Gasteiger partial charge in [-0.1, -0.05) is 24.2 Å². The van der Waals surface area contributed by atoms with E-state index in [2.05, 4.69) is 22.4 Å². The summed E-state index contributed by atoms with van der Waals surface area (Å²) in [5.74, 6) is 2.59. The standard InChI is InChI=1S/C14H17N3O2/c1-9-6-7-15-12(9)14-16-13(17-19-14)10-4-3-5-11(8-10)18-2/h3-5,8-9,12,15H,6-7H2,1-2H3. The number of hydrogen-bond acceptors (Lipinski definition) is 5. The summed E-state index contributed by atoms with van der Waals surface area (Å²) in [5.41, 5.74) is 0.903. The number of nitrogens with one attached hydrogen (secondary N) is 1. The van der Waals surface area contributed by atoms with Crippen LogP contribution in [0.15, 0.2) is 28.8 Å². The molecule has 5 nitrogen and oxygen atoms in total. The Morgan fingerprint density at radius 1 is 1.42 bits per heavy atom. The van der Waals surface area contributed by atoms with Crippen LogP contribution in [0, 0.1) is 5.92 Å². The molecule has 0 saturated carbocycles. The van der Waals surface area contributed by atoms with Gasteiger partial charge in [0, 0.05) is 5.56 Å². The summed E-state index contributed by atoms with van der Waals surface area (Å²) in [7, 11) is 1.64. The van der Waals surface area contributed by atoms with Gasteiger partial charge in [-0.05, 0) is 31.0 Å². The second-order valence-corrected chi connectivity index (χ2v) is 4.89. The minimum Gasteiger partial charge on any atom is -0.497 e. The molecule has 1 N–H and O–H groups in total. The number of nitrogens with zero attached hydrogens (tertiary/aromatic N) is 2. The Labute approximate surface area is 112 Å². The quantitative estimate of drug-likeness (QED) is 0.917. The van der Waals surface area contributed by atoms with Crippen LogP contribution in [0.3, 0.4) is 0 Å². The van der Waals surface area contributed by atoms with E-state index in [-0.39, 0.29) is 6.04 Å². The van der Waals surface area contributed by atoms with Gasteiger partial charge < -0.3 is 14.6 Å². The van der Waals surface area contributed by atoms with Gasteiger partial charge in [0.25, 0.3) is 0 Å². The number of ether oxygens (including phenoxy) is 1. The lowest BCUT2D eigenvalue weighted by molar-refractivity contribution is 0.319. The van der Waals surface area contributed by atoms with E-state index in [0.29, 0.717) is 17.6 Å². The highest BCUT2D eigenvalue weighted by Gasteiger charge is 2.29. The molecule has 0 bridgehead atoms. The van der Waals surface area contributed by atoms with E-state index < -0.39 is 0 Å². The second-order valence-electron chi connectivity index (χ2n) is 4.89. The molecular formula is C14H17N3O2. The van der Waals surface area contributed by atoms with Crippen LogP contribution >= 0.6 is 0 Å². The summed E-state index contributed by atoms with van der Waals surface area (Å²) >= 11 is 0. The summed E-state index contributed by atoms with van der Waals surface area (Å²) in [6, 6.07) is 7.83. The first-order valence-corrected chi connectivity index (χ1v) is 6.49. The Bertz CT molecular complexity index is 567. The van der Waals surface area contributed by atoms with E-state index in [1.807, 2.05) is 24.3 Å². The molecule has 1 aromatic carbocycles. The smallest absolute Gasteiger partial charge is 0.244 e. The maximum atomic E-state index is 5.38. The zero-order valence-electron chi connectivity index (χ0n) is 11.1. The first-order valence-electron chi connectivity index (χ1n) is 6.49. The van der Waals surface area contributed by atoms with Crippen molar-refractivity contribution in [3.05, 3.63) is 30.2 Å². The Balaban J connectivity index is 1.88. The van der Waals surface area contributed by atoms with Gasteiger partial charge in [-0.25, -0.2) is 0 Å². The van der Waals surface area contributed by atoms with Crippen molar-refractivity contribution in [1.29, 1.82) is 0 Å². The van der Waals surface area contributed by atoms with Crippen molar-refractivity contribution in [2.75, 3.05) is 13.7 Å². The van der Waals surface area contributed by atoms with E-state index in [9.17, 15) is 0 Å². The number of methoxy groups -OCH3 is 1. The molecule has 0 radical (unpaired) electrons. The molecule has 1 fully saturated rings. The highest BCUT2D eigenvalue weighted by molar-refractivity contribution is 5.56. The fraction of sp³-hybridized carbons (Fsp3) is 0.429. The largest absolute Gasteiger partial charge is 0.497 e. The van der Waals surface area contributed by atoms with E-state index in [0.717, 1.165) is 24.3 Å². The van der Waals surface area contributed by atoms with Gasteiger partial charge in [0.05, 0.1) is 13.2 Å². The Morgan fingerprint density at radius 2 is 2.32 bits per heavy atom. The predicted molar refractivity (Wildman–Crippen MR) is 70.8 cm³/mol. The normalized spacial score (nSPS) is 22.6. The average molecular weight is 259 g/mol. The summed E-state index contributed by atoms with van der Waals surface area (Å²) < 4.78 is 10.6. The fourth-order valence-electron chi connectivity index (χ4n) is 2.41. The van der Waals surface area contributed by atoms with Crippen LogP contribution in [0.2, 0.25) is 0 Å². The van der Waals surface area contributed by atoms with E-state index in [4.69, 9.17) is 9.26 Å². The van der Waals surface area contributed by atoms with Gasteiger partial charge in [-0.2, -0.15) is 4.98 Å². The maximum Gasteiger partial charge on any atom is 0.244 e. The molecule has 5 heteroatoms. The average Bonchev–Trinajstić information content (AvgIpc) is 3.07. The van der Waals surface area contributed by atoms with Crippen LogP contribution in [0.1, 0.15) is 25.3 Å². The Kier molecular flexibility index (Phi) is 3.21. The molecule has 2 unspecified atom stereocenters. The minimum absolute atomic E-state index is 0.173.